The molecule has 0 aromatic rings. The van der Waals surface area contributed by atoms with Crippen molar-refractivity contribution in [2.75, 3.05) is 19.8 Å². The zero-order chi connectivity index (χ0) is 10.9. The molecule has 0 amide bonds. The van der Waals surface area contributed by atoms with E-state index < -0.39 is 0 Å². The van der Waals surface area contributed by atoms with Crippen LogP contribution in [-0.4, -0.2) is 25.8 Å². The van der Waals surface area contributed by atoms with Gasteiger partial charge in [-0.15, -0.1) is 6.58 Å². The normalized spacial score (nSPS) is 18.3. The van der Waals surface area contributed by atoms with E-state index in [0.717, 1.165) is 32.6 Å². The highest BCUT2D eigenvalue weighted by Gasteiger charge is 2.04. The largest absolute Gasteiger partial charge is 0.377 e. The highest BCUT2D eigenvalue weighted by molar-refractivity contribution is 5.04. The van der Waals surface area contributed by atoms with Crippen molar-refractivity contribution in [3.8, 4) is 0 Å². The Hall–Kier alpha value is -0.600. The highest BCUT2D eigenvalue weighted by atomic mass is 16.5. The van der Waals surface area contributed by atoms with E-state index in [2.05, 4.69) is 24.9 Å². The van der Waals surface area contributed by atoms with Gasteiger partial charge >= 0.3 is 0 Å². The third kappa shape index (κ3) is 5.75. The first-order valence-corrected chi connectivity index (χ1v) is 5.93. The van der Waals surface area contributed by atoms with Gasteiger partial charge in [0.15, 0.2) is 0 Å². The summed E-state index contributed by atoms with van der Waals surface area (Å²) in [6.07, 6.45) is 8.78. The molecule has 1 heterocycles. The molecule has 1 aliphatic heterocycles. The van der Waals surface area contributed by atoms with Crippen molar-refractivity contribution in [3.63, 3.8) is 0 Å². The van der Waals surface area contributed by atoms with E-state index in [1.807, 2.05) is 6.08 Å². The van der Waals surface area contributed by atoms with E-state index >= 15 is 0 Å². The summed E-state index contributed by atoms with van der Waals surface area (Å²) in [7, 11) is 0. The fourth-order valence-electron chi connectivity index (χ4n) is 1.74. The molecule has 15 heavy (non-hydrogen) atoms. The van der Waals surface area contributed by atoms with Crippen molar-refractivity contribution in [3.05, 3.63) is 24.3 Å². The maximum absolute atomic E-state index is 5.27. The van der Waals surface area contributed by atoms with Gasteiger partial charge in [0.2, 0.25) is 0 Å². The summed E-state index contributed by atoms with van der Waals surface area (Å²) in [5, 5.41) is 3.54. The van der Waals surface area contributed by atoms with Crippen LogP contribution in [0.4, 0.5) is 0 Å². The van der Waals surface area contributed by atoms with Crippen LogP contribution in [0.15, 0.2) is 24.3 Å². The molecule has 2 heteroatoms. The van der Waals surface area contributed by atoms with Crippen LogP contribution in [0.5, 0.6) is 0 Å². The molecule has 0 aromatic carbocycles. The third-order valence-corrected chi connectivity index (χ3v) is 2.80. The predicted molar refractivity (Wildman–Crippen MR) is 65.0 cm³/mol. The van der Waals surface area contributed by atoms with Crippen LogP contribution >= 0.6 is 0 Å². The summed E-state index contributed by atoms with van der Waals surface area (Å²) in [6.45, 7) is 8.77. The third-order valence-electron chi connectivity index (χ3n) is 2.80. The number of ether oxygens (including phenoxy) is 1. The van der Waals surface area contributed by atoms with Crippen molar-refractivity contribution < 1.29 is 4.74 Å². The van der Waals surface area contributed by atoms with Gasteiger partial charge < -0.3 is 10.1 Å². The smallest absolute Gasteiger partial charge is 0.0650 e. The Labute approximate surface area is 93.4 Å². The molecule has 1 aliphatic rings. The quantitative estimate of drug-likeness (QED) is 0.651. The first-order chi connectivity index (χ1) is 7.33. The van der Waals surface area contributed by atoms with Crippen molar-refractivity contribution in [1.82, 2.24) is 5.32 Å². The molecule has 1 atom stereocenters. The summed E-state index contributed by atoms with van der Waals surface area (Å²) in [5.74, 6) is 0. The summed E-state index contributed by atoms with van der Waals surface area (Å²) in [5.41, 5.74) is 1.55. The first-order valence-electron chi connectivity index (χ1n) is 5.93. The molecule has 0 fully saturated rings. The molecule has 2 nitrogen and oxygen atoms in total. The van der Waals surface area contributed by atoms with Crippen LogP contribution in [-0.2, 0) is 4.74 Å². The molecular weight excluding hydrogens is 186 g/mol. The first kappa shape index (κ1) is 12.5. The van der Waals surface area contributed by atoms with Gasteiger partial charge in [0, 0.05) is 6.04 Å². The SMILES string of the molecule is C=CCCC(C)NCCC1=CCOCC1. The van der Waals surface area contributed by atoms with E-state index in [1.165, 1.54) is 12.8 Å². The number of allylic oxidation sites excluding steroid dienone is 1. The number of nitrogens with one attached hydrogen (secondary N) is 1. The van der Waals surface area contributed by atoms with Crippen LogP contribution < -0.4 is 5.32 Å². The molecule has 0 aliphatic carbocycles. The Balaban J connectivity index is 2.04. The van der Waals surface area contributed by atoms with E-state index in [9.17, 15) is 0 Å². The monoisotopic (exact) mass is 209 g/mol. The average molecular weight is 209 g/mol. The summed E-state index contributed by atoms with van der Waals surface area (Å²) in [6, 6.07) is 0.600. The van der Waals surface area contributed by atoms with Gasteiger partial charge in [-0.1, -0.05) is 17.7 Å². The molecule has 0 radical (unpaired) electrons. The molecule has 1 rings (SSSR count). The number of hydrogen-bond acceptors (Lipinski definition) is 2. The lowest BCUT2D eigenvalue weighted by molar-refractivity contribution is 0.153. The van der Waals surface area contributed by atoms with Crippen LogP contribution in [0, 0.1) is 0 Å². The standard InChI is InChI=1S/C13H23NO/c1-3-4-5-12(2)14-9-6-13-7-10-15-11-8-13/h3,7,12,14H,1,4-6,8-11H2,2H3. The molecule has 1 N–H and O–H groups in total. The Morgan fingerprint density at radius 3 is 3.20 bits per heavy atom. The van der Waals surface area contributed by atoms with Crippen LogP contribution in [0.3, 0.4) is 0 Å². The van der Waals surface area contributed by atoms with E-state index in [4.69, 9.17) is 4.74 Å². The van der Waals surface area contributed by atoms with Gasteiger partial charge in [-0.25, -0.2) is 0 Å². The molecule has 0 bridgehead atoms. The number of hydrogen-bond donors (Lipinski definition) is 1. The predicted octanol–water partition coefficient (Wildman–Crippen LogP) is 2.67. The van der Waals surface area contributed by atoms with E-state index in [1.54, 1.807) is 5.57 Å². The number of rotatable bonds is 7. The molecule has 0 spiro atoms. The van der Waals surface area contributed by atoms with E-state index in [0.29, 0.717) is 6.04 Å². The molecular formula is C13H23NO. The molecule has 0 saturated carbocycles. The minimum Gasteiger partial charge on any atom is -0.377 e. The van der Waals surface area contributed by atoms with Gasteiger partial charge in [0.05, 0.1) is 13.2 Å². The second-order valence-corrected chi connectivity index (χ2v) is 4.16. The van der Waals surface area contributed by atoms with Crippen LogP contribution in [0.2, 0.25) is 0 Å². The second-order valence-electron chi connectivity index (χ2n) is 4.16. The highest BCUT2D eigenvalue weighted by Crippen LogP contribution is 2.11. The topological polar surface area (TPSA) is 21.3 Å². The molecule has 0 aromatic heterocycles. The average Bonchev–Trinajstić information content (AvgIpc) is 2.28. The summed E-state index contributed by atoms with van der Waals surface area (Å²) < 4.78 is 5.27. The summed E-state index contributed by atoms with van der Waals surface area (Å²) in [4.78, 5) is 0. The van der Waals surface area contributed by atoms with Gasteiger partial charge in [0.1, 0.15) is 0 Å². The lowest BCUT2D eigenvalue weighted by Crippen LogP contribution is -2.27. The molecule has 0 saturated heterocycles. The zero-order valence-electron chi connectivity index (χ0n) is 9.80. The Morgan fingerprint density at radius 1 is 1.67 bits per heavy atom. The summed E-state index contributed by atoms with van der Waals surface area (Å²) >= 11 is 0. The van der Waals surface area contributed by atoms with Gasteiger partial charge in [-0.05, 0) is 39.2 Å². The maximum atomic E-state index is 5.27. The van der Waals surface area contributed by atoms with Gasteiger partial charge in [0.25, 0.3) is 0 Å². The van der Waals surface area contributed by atoms with Crippen molar-refractivity contribution in [1.29, 1.82) is 0 Å². The van der Waals surface area contributed by atoms with Crippen LogP contribution in [0.25, 0.3) is 0 Å². The molecule has 1 unspecified atom stereocenters. The second kappa shape index (κ2) is 7.66. The maximum Gasteiger partial charge on any atom is 0.0650 e. The van der Waals surface area contributed by atoms with Crippen molar-refractivity contribution >= 4 is 0 Å². The van der Waals surface area contributed by atoms with Gasteiger partial charge in [-0.3, -0.25) is 0 Å². The fraction of sp³-hybridized carbons (Fsp3) is 0.692. The van der Waals surface area contributed by atoms with Crippen LogP contribution in [0.1, 0.15) is 32.6 Å². The van der Waals surface area contributed by atoms with E-state index in [-0.39, 0.29) is 0 Å². The minimum atomic E-state index is 0.600. The van der Waals surface area contributed by atoms with Gasteiger partial charge in [-0.2, -0.15) is 0 Å². The lowest BCUT2D eigenvalue weighted by Gasteiger charge is -2.16. The fourth-order valence-corrected chi connectivity index (χ4v) is 1.74. The zero-order valence-corrected chi connectivity index (χ0v) is 9.80. The lowest BCUT2D eigenvalue weighted by atomic mass is 10.1. The Kier molecular flexibility index (Phi) is 6.37. The van der Waals surface area contributed by atoms with Crippen molar-refractivity contribution in [2.24, 2.45) is 0 Å². The Morgan fingerprint density at radius 2 is 2.53 bits per heavy atom. The van der Waals surface area contributed by atoms with Crippen molar-refractivity contribution in [2.45, 2.75) is 38.6 Å². The minimum absolute atomic E-state index is 0.600. The Bertz CT molecular complexity index is 211. The molecule has 86 valence electrons.